The van der Waals surface area contributed by atoms with Crippen LogP contribution >= 0.6 is 0 Å². The van der Waals surface area contributed by atoms with E-state index in [1.807, 2.05) is 6.07 Å². The first kappa shape index (κ1) is 14.0. The van der Waals surface area contributed by atoms with Crippen molar-refractivity contribution in [2.75, 3.05) is 20.2 Å². The Bertz CT molecular complexity index is 350. The fourth-order valence-electron chi connectivity index (χ4n) is 1.96. The number of hydrogen-bond donors (Lipinski definition) is 1. The highest BCUT2D eigenvalue weighted by Crippen LogP contribution is 2.19. The van der Waals surface area contributed by atoms with Crippen LogP contribution in [0.1, 0.15) is 25.0 Å². The predicted molar refractivity (Wildman–Crippen MR) is 72.3 cm³/mol. The molecule has 0 aliphatic heterocycles. The van der Waals surface area contributed by atoms with E-state index in [2.05, 4.69) is 37.8 Å². The Balaban J connectivity index is 2.76. The fourth-order valence-corrected chi connectivity index (χ4v) is 1.96. The molecule has 3 heteroatoms. The third-order valence-electron chi connectivity index (χ3n) is 2.99. The third-order valence-corrected chi connectivity index (χ3v) is 2.99. The number of ether oxygens (including phenoxy) is 1. The quantitative estimate of drug-likeness (QED) is 0.822. The van der Waals surface area contributed by atoms with Crippen LogP contribution in [-0.4, -0.2) is 31.1 Å². The number of nitrogens with zero attached hydrogens (tertiary/aromatic N) is 1. The Morgan fingerprint density at radius 3 is 2.53 bits per heavy atom. The van der Waals surface area contributed by atoms with Gasteiger partial charge in [-0.15, -0.1) is 0 Å². The predicted octanol–water partition coefficient (Wildman–Crippen LogP) is 2.17. The van der Waals surface area contributed by atoms with E-state index in [9.17, 15) is 0 Å². The molecule has 1 rings (SSSR count). The van der Waals surface area contributed by atoms with Crippen LogP contribution in [0.15, 0.2) is 18.2 Å². The number of benzene rings is 1. The number of methoxy groups -OCH3 is 1. The van der Waals surface area contributed by atoms with Crippen molar-refractivity contribution in [3.05, 3.63) is 29.3 Å². The maximum atomic E-state index is 5.63. The second-order valence-electron chi connectivity index (χ2n) is 4.66. The molecule has 0 unspecified atom stereocenters. The summed E-state index contributed by atoms with van der Waals surface area (Å²) in [6, 6.07) is 6.86. The molecule has 0 aromatic heterocycles. The molecular weight excluding hydrogens is 212 g/mol. The first-order valence-corrected chi connectivity index (χ1v) is 6.16. The summed E-state index contributed by atoms with van der Waals surface area (Å²) in [5.74, 6) is 0.948. The van der Waals surface area contributed by atoms with Gasteiger partial charge in [-0.2, -0.15) is 0 Å². The summed E-state index contributed by atoms with van der Waals surface area (Å²) < 4.78 is 5.27. The van der Waals surface area contributed by atoms with Crippen molar-refractivity contribution in [2.45, 2.75) is 33.4 Å². The molecule has 0 bridgehead atoms. The maximum Gasteiger partial charge on any atom is 0.121 e. The average molecular weight is 236 g/mol. The zero-order chi connectivity index (χ0) is 12.8. The van der Waals surface area contributed by atoms with E-state index in [4.69, 9.17) is 10.5 Å². The van der Waals surface area contributed by atoms with Gasteiger partial charge in [0, 0.05) is 25.7 Å². The second-order valence-corrected chi connectivity index (χ2v) is 4.66. The minimum atomic E-state index is 0.515. The minimum Gasteiger partial charge on any atom is -0.496 e. The Hall–Kier alpha value is -1.06. The standard InChI is InChI=1S/C14H24N2O/c1-11(2)16(8-7-15)10-13-5-6-14(17-4)12(3)9-13/h5-6,9,11H,7-8,10,15H2,1-4H3. The van der Waals surface area contributed by atoms with E-state index in [1.165, 1.54) is 11.1 Å². The molecule has 0 spiro atoms. The lowest BCUT2D eigenvalue weighted by Crippen LogP contribution is -2.34. The van der Waals surface area contributed by atoms with Crippen molar-refractivity contribution in [3.63, 3.8) is 0 Å². The monoisotopic (exact) mass is 236 g/mol. The first-order chi connectivity index (χ1) is 8.08. The molecule has 0 atom stereocenters. The summed E-state index contributed by atoms with van der Waals surface area (Å²) in [6.45, 7) is 9.05. The van der Waals surface area contributed by atoms with Gasteiger partial charge >= 0.3 is 0 Å². The molecule has 3 nitrogen and oxygen atoms in total. The van der Waals surface area contributed by atoms with Crippen molar-refractivity contribution in [1.29, 1.82) is 0 Å². The largest absolute Gasteiger partial charge is 0.496 e. The molecule has 96 valence electrons. The van der Waals surface area contributed by atoms with Gasteiger partial charge in [0.05, 0.1) is 7.11 Å². The number of rotatable bonds is 6. The molecule has 0 aliphatic carbocycles. The van der Waals surface area contributed by atoms with E-state index >= 15 is 0 Å². The second kappa shape index (κ2) is 6.62. The summed E-state index contributed by atoms with van der Waals surface area (Å²) in [5, 5.41) is 0. The van der Waals surface area contributed by atoms with Crippen LogP contribution in [0.25, 0.3) is 0 Å². The molecule has 0 heterocycles. The van der Waals surface area contributed by atoms with Crippen molar-refractivity contribution in [1.82, 2.24) is 4.90 Å². The molecule has 1 aromatic rings. The van der Waals surface area contributed by atoms with E-state index in [-0.39, 0.29) is 0 Å². The molecule has 0 amide bonds. The van der Waals surface area contributed by atoms with Gasteiger partial charge in [0.25, 0.3) is 0 Å². The number of hydrogen-bond acceptors (Lipinski definition) is 3. The van der Waals surface area contributed by atoms with Gasteiger partial charge in [-0.3, -0.25) is 4.90 Å². The molecule has 0 fully saturated rings. The highest BCUT2D eigenvalue weighted by molar-refractivity contribution is 5.36. The fraction of sp³-hybridized carbons (Fsp3) is 0.571. The molecule has 2 N–H and O–H groups in total. The van der Waals surface area contributed by atoms with Crippen molar-refractivity contribution in [2.24, 2.45) is 5.73 Å². The van der Waals surface area contributed by atoms with Gasteiger partial charge in [-0.25, -0.2) is 0 Å². The number of aryl methyl sites for hydroxylation is 1. The summed E-state index contributed by atoms with van der Waals surface area (Å²) in [4.78, 5) is 2.38. The van der Waals surface area contributed by atoms with Crippen molar-refractivity contribution in [3.8, 4) is 5.75 Å². The van der Waals surface area contributed by atoms with Gasteiger partial charge in [0.1, 0.15) is 5.75 Å². The normalized spacial score (nSPS) is 11.2. The van der Waals surface area contributed by atoms with Crippen molar-refractivity contribution < 1.29 is 4.74 Å². The molecule has 0 aliphatic rings. The zero-order valence-electron chi connectivity index (χ0n) is 11.4. The molecule has 1 aromatic carbocycles. The lowest BCUT2D eigenvalue weighted by atomic mass is 10.1. The average Bonchev–Trinajstić information content (AvgIpc) is 2.28. The van der Waals surface area contributed by atoms with Crippen LogP contribution in [-0.2, 0) is 6.54 Å². The highest BCUT2D eigenvalue weighted by atomic mass is 16.5. The summed E-state index contributed by atoms with van der Waals surface area (Å²) >= 11 is 0. The van der Waals surface area contributed by atoms with Crippen LogP contribution in [0.4, 0.5) is 0 Å². The van der Waals surface area contributed by atoms with Gasteiger partial charge in [-0.05, 0) is 38.0 Å². The minimum absolute atomic E-state index is 0.515. The molecular formula is C14H24N2O. The van der Waals surface area contributed by atoms with Gasteiger partial charge in [-0.1, -0.05) is 12.1 Å². The molecule has 0 saturated carbocycles. The van der Waals surface area contributed by atoms with Crippen LogP contribution in [0.3, 0.4) is 0 Å². The van der Waals surface area contributed by atoms with E-state index in [0.717, 1.165) is 18.8 Å². The Kier molecular flexibility index (Phi) is 5.45. The van der Waals surface area contributed by atoms with Gasteiger partial charge in [0.15, 0.2) is 0 Å². The zero-order valence-corrected chi connectivity index (χ0v) is 11.4. The summed E-state index contributed by atoms with van der Waals surface area (Å²) in [7, 11) is 1.71. The Morgan fingerprint density at radius 1 is 1.35 bits per heavy atom. The SMILES string of the molecule is COc1ccc(CN(CCN)C(C)C)cc1C. The smallest absolute Gasteiger partial charge is 0.121 e. The summed E-state index contributed by atoms with van der Waals surface area (Å²) in [6.07, 6.45) is 0. The van der Waals surface area contributed by atoms with Crippen LogP contribution in [0.5, 0.6) is 5.75 Å². The highest BCUT2D eigenvalue weighted by Gasteiger charge is 2.09. The lowest BCUT2D eigenvalue weighted by Gasteiger charge is -2.26. The lowest BCUT2D eigenvalue weighted by molar-refractivity contribution is 0.219. The molecule has 0 radical (unpaired) electrons. The Labute approximate surface area is 105 Å². The summed E-state index contributed by atoms with van der Waals surface area (Å²) in [5.41, 5.74) is 8.13. The maximum absolute atomic E-state index is 5.63. The van der Waals surface area contributed by atoms with Gasteiger partial charge < -0.3 is 10.5 Å². The number of nitrogens with two attached hydrogens (primary N) is 1. The Morgan fingerprint density at radius 2 is 2.06 bits per heavy atom. The van der Waals surface area contributed by atoms with E-state index in [1.54, 1.807) is 7.11 Å². The van der Waals surface area contributed by atoms with E-state index < -0.39 is 0 Å². The van der Waals surface area contributed by atoms with Crippen LogP contribution in [0, 0.1) is 6.92 Å². The third kappa shape index (κ3) is 4.02. The molecule has 0 saturated heterocycles. The van der Waals surface area contributed by atoms with Crippen LogP contribution < -0.4 is 10.5 Å². The van der Waals surface area contributed by atoms with Crippen molar-refractivity contribution >= 4 is 0 Å². The first-order valence-electron chi connectivity index (χ1n) is 6.16. The van der Waals surface area contributed by atoms with E-state index in [0.29, 0.717) is 12.6 Å². The van der Waals surface area contributed by atoms with Gasteiger partial charge in [0.2, 0.25) is 0 Å². The van der Waals surface area contributed by atoms with Crippen LogP contribution in [0.2, 0.25) is 0 Å². The topological polar surface area (TPSA) is 38.5 Å². The molecule has 17 heavy (non-hydrogen) atoms.